The van der Waals surface area contributed by atoms with Crippen LogP contribution < -0.4 is 9.21 Å². The van der Waals surface area contributed by atoms with E-state index >= 15 is 0 Å². The van der Waals surface area contributed by atoms with Crippen molar-refractivity contribution in [2.75, 3.05) is 22.5 Å². The van der Waals surface area contributed by atoms with Gasteiger partial charge in [-0.3, -0.25) is 4.79 Å². The van der Waals surface area contributed by atoms with Gasteiger partial charge >= 0.3 is 0 Å². The van der Waals surface area contributed by atoms with Gasteiger partial charge in [0.05, 0.1) is 11.9 Å². The second-order valence-electron chi connectivity index (χ2n) is 6.00. The molecule has 0 N–H and O–H groups in total. The van der Waals surface area contributed by atoms with Gasteiger partial charge in [-0.05, 0) is 31.9 Å². The zero-order valence-corrected chi connectivity index (χ0v) is 15.6. The molecular formula is C16H19N3O3S2. The van der Waals surface area contributed by atoms with Crippen molar-refractivity contribution in [3.63, 3.8) is 0 Å². The summed E-state index contributed by atoms with van der Waals surface area (Å²) in [7, 11) is -1.97. The van der Waals surface area contributed by atoms with Crippen LogP contribution >= 0.6 is 11.3 Å². The number of carbonyl (C=O) groups is 1. The number of sulfonamides is 1. The molecule has 0 saturated heterocycles. The fourth-order valence-corrected chi connectivity index (χ4v) is 4.56. The molecule has 0 aliphatic carbocycles. The summed E-state index contributed by atoms with van der Waals surface area (Å²) in [6, 6.07) is 7.92. The maximum Gasteiger partial charge on any atom is 0.270 e. The lowest BCUT2D eigenvalue weighted by atomic mass is 10.1. The third-order valence-corrected chi connectivity index (χ3v) is 6.68. The molecule has 0 bridgehead atoms. The smallest absolute Gasteiger partial charge is 0.270 e. The minimum absolute atomic E-state index is 0.0625. The number of thiazole rings is 1. The summed E-state index contributed by atoms with van der Waals surface area (Å²) in [6.45, 7) is 3.74. The number of anilines is 2. The molecule has 0 fully saturated rings. The number of hydrogen-bond acceptors (Lipinski definition) is 5. The van der Waals surface area contributed by atoms with Crippen molar-refractivity contribution >= 4 is 38.1 Å². The fourth-order valence-electron chi connectivity index (χ4n) is 2.84. The Morgan fingerprint density at radius 1 is 1.38 bits per heavy atom. The maximum atomic E-state index is 13.1. The Morgan fingerprint density at radius 3 is 2.71 bits per heavy atom. The predicted octanol–water partition coefficient (Wildman–Crippen LogP) is 2.44. The lowest BCUT2D eigenvalue weighted by Gasteiger charge is -2.22. The Balaban J connectivity index is 1.99. The molecule has 1 aliphatic heterocycles. The van der Waals surface area contributed by atoms with Gasteiger partial charge in [0.1, 0.15) is 4.88 Å². The van der Waals surface area contributed by atoms with Crippen LogP contribution in [0, 0.1) is 6.92 Å². The molecule has 8 heteroatoms. The molecule has 1 aliphatic rings. The van der Waals surface area contributed by atoms with Crippen LogP contribution in [-0.4, -0.2) is 38.7 Å². The van der Waals surface area contributed by atoms with Crippen LogP contribution in [0.5, 0.6) is 0 Å². The number of benzene rings is 1. The lowest BCUT2D eigenvalue weighted by molar-refractivity contribution is 0.0984. The summed E-state index contributed by atoms with van der Waals surface area (Å²) >= 11 is 1.11. The van der Waals surface area contributed by atoms with E-state index in [1.165, 1.54) is 7.05 Å². The SMILES string of the molecule is Cc1nc(N(C)S(C)(=O)=O)sc1C(=O)N1c2ccccc2C[C@H]1C. The Labute approximate surface area is 145 Å². The molecule has 1 amide bonds. The highest BCUT2D eigenvalue weighted by molar-refractivity contribution is 7.92. The average Bonchev–Trinajstić information content (AvgIpc) is 3.04. The van der Waals surface area contributed by atoms with Crippen molar-refractivity contribution in [3.05, 3.63) is 40.4 Å². The quantitative estimate of drug-likeness (QED) is 0.838. The minimum atomic E-state index is -3.41. The van der Waals surface area contributed by atoms with Crippen LogP contribution in [0.25, 0.3) is 0 Å². The van der Waals surface area contributed by atoms with E-state index in [0.29, 0.717) is 15.7 Å². The van der Waals surface area contributed by atoms with Gasteiger partial charge in [0.15, 0.2) is 5.13 Å². The summed E-state index contributed by atoms with van der Waals surface area (Å²) in [4.78, 5) is 19.6. The average molecular weight is 365 g/mol. The molecule has 1 aromatic carbocycles. The molecule has 1 atom stereocenters. The highest BCUT2D eigenvalue weighted by Gasteiger charge is 2.33. The van der Waals surface area contributed by atoms with Crippen molar-refractivity contribution in [3.8, 4) is 0 Å². The van der Waals surface area contributed by atoms with Crippen molar-refractivity contribution in [1.29, 1.82) is 0 Å². The second kappa shape index (κ2) is 5.86. The van der Waals surface area contributed by atoms with E-state index in [1.54, 1.807) is 11.8 Å². The molecule has 3 rings (SSSR count). The molecule has 2 aromatic rings. The number of hydrogen-bond donors (Lipinski definition) is 0. The first-order valence-electron chi connectivity index (χ1n) is 7.53. The van der Waals surface area contributed by atoms with Crippen LogP contribution in [0.4, 0.5) is 10.8 Å². The topological polar surface area (TPSA) is 70.6 Å². The highest BCUT2D eigenvalue weighted by Crippen LogP contribution is 2.35. The molecule has 2 heterocycles. The zero-order valence-electron chi connectivity index (χ0n) is 14.0. The van der Waals surface area contributed by atoms with Crippen LogP contribution in [0.15, 0.2) is 24.3 Å². The van der Waals surface area contributed by atoms with E-state index in [-0.39, 0.29) is 11.9 Å². The number of aryl methyl sites for hydroxylation is 1. The van der Waals surface area contributed by atoms with Crippen LogP contribution in [-0.2, 0) is 16.4 Å². The number of nitrogens with zero attached hydrogens (tertiary/aromatic N) is 3. The molecule has 0 unspecified atom stereocenters. The number of amides is 1. The third-order valence-electron chi connectivity index (χ3n) is 4.17. The molecule has 0 saturated carbocycles. The minimum Gasteiger partial charge on any atom is -0.304 e. The van der Waals surface area contributed by atoms with E-state index in [4.69, 9.17) is 0 Å². The summed E-state index contributed by atoms with van der Waals surface area (Å²) in [5.74, 6) is -0.129. The molecule has 0 spiro atoms. The molecular weight excluding hydrogens is 346 g/mol. The molecule has 128 valence electrons. The summed E-state index contributed by atoms with van der Waals surface area (Å²) in [5, 5.41) is 0.304. The van der Waals surface area contributed by atoms with E-state index in [1.807, 2.05) is 31.2 Å². The summed E-state index contributed by atoms with van der Waals surface area (Å²) in [5.41, 5.74) is 2.61. The van der Waals surface area contributed by atoms with E-state index in [0.717, 1.165) is 39.6 Å². The molecule has 24 heavy (non-hydrogen) atoms. The monoisotopic (exact) mass is 365 g/mol. The molecule has 6 nitrogen and oxygen atoms in total. The first-order chi connectivity index (χ1) is 11.2. The first kappa shape index (κ1) is 16.9. The number of fused-ring (bicyclic) bond motifs is 1. The Kier molecular flexibility index (Phi) is 4.13. The lowest BCUT2D eigenvalue weighted by Crippen LogP contribution is -2.35. The molecule has 0 radical (unpaired) electrons. The second-order valence-corrected chi connectivity index (χ2v) is 8.99. The summed E-state index contributed by atoms with van der Waals surface area (Å²) < 4.78 is 24.5. The number of aromatic nitrogens is 1. The van der Waals surface area contributed by atoms with Gasteiger partial charge in [0.2, 0.25) is 10.0 Å². The highest BCUT2D eigenvalue weighted by atomic mass is 32.2. The van der Waals surface area contributed by atoms with E-state index in [2.05, 4.69) is 4.98 Å². The Hall–Kier alpha value is -1.93. The van der Waals surface area contributed by atoms with Gasteiger partial charge in [-0.15, -0.1) is 0 Å². The van der Waals surface area contributed by atoms with E-state index < -0.39 is 10.0 Å². The van der Waals surface area contributed by atoms with E-state index in [9.17, 15) is 13.2 Å². The van der Waals surface area contributed by atoms with Gasteiger partial charge in [-0.1, -0.05) is 29.5 Å². The maximum absolute atomic E-state index is 13.1. The van der Waals surface area contributed by atoms with Crippen molar-refractivity contribution in [2.24, 2.45) is 0 Å². The van der Waals surface area contributed by atoms with Gasteiger partial charge in [0.25, 0.3) is 5.91 Å². The van der Waals surface area contributed by atoms with Gasteiger partial charge in [-0.25, -0.2) is 17.7 Å². The van der Waals surface area contributed by atoms with Gasteiger partial charge in [0, 0.05) is 18.8 Å². The number of para-hydroxylation sites is 1. The van der Waals surface area contributed by atoms with Gasteiger partial charge in [-0.2, -0.15) is 0 Å². The predicted molar refractivity (Wildman–Crippen MR) is 96.5 cm³/mol. The normalized spacial score (nSPS) is 17.0. The van der Waals surface area contributed by atoms with Crippen molar-refractivity contribution in [1.82, 2.24) is 4.98 Å². The number of carbonyl (C=O) groups excluding carboxylic acids is 1. The van der Waals surface area contributed by atoms with Gasteiger partial charge < -0.3 is 4.90 Å². The standard InChI is InChI=1S/C16H19N3O3S2/c1-10-9-12-7-5-6-8-13(12)19(10)15(20)14-11(2)17-16(23-14)18(3)24(4,21)22/h5-8,10H,9H2,1-4H3/t10-/m1/s1. The largest absolute Gasteiger partial charge is 0.304 e. The summed E-state index contributed by atoms with van der Waals surface area (Å²) in [6.07, 6.45) is 1.93. The Bertz CT molecular complexity index is 905. The van der Waals surface area contributed by atoms with Crippen molar-refractivity contribution in [2.45, 2.75) is 26.3 Å². The fraction of sp³-hybridized carbons (Fsp3) is 0.375. The third kappa shape index (κ3) is 2.80. The van der Waals surface area contributed by atoms with Crippen LogP contribution in [0.3, 0.4) is 0 Å². The molecule has 1 aromatic heterocycles. The first-order valence-corrected chi connectivity index (χ1v) is 10.2. The van der Waals surface area contributed by atoms with Crippen LogP contribution in [0.1, 0.15) is 27.9 Å². The number of rotatable bonds is 3. The van der Waals surface area contributed by atoms with Crippen LogP contribution in [0.2, 0.25) is 0 Å². The zero-order chi connectivity index (χ0) is 17.6. The Morgan fingerprint density at radius 2 is 2.04 bits per heavy atom. The van der Waals surface area contributed by atoms with Crippen molar-refractivity contribution < 1.29 is 13.2 Å².